The number of benzene rings is 3. The Morgan fingerprint density at radius 2 is 1.75 bits per heavy atom. The van der Waals surface area contributed by atoms with Crippen LogP contribution in [-0.4, -0.2) is 5.11 Å². The van der Waals surface area contributed by atoms with Crippen LogP contribution in [0.4, 0.5) is 0 Å². The number of aliphatic hydroxyl groups excluding tert-OH is 1. The van der Waals surface area contributed by atoms with Crippen molar-refractivity contribution in [1.29, 1.82) is 0 Å². The van der Waals surface area contributed by atoms with Crippen molar-refractivity contribution < 1.29 is 9.84 Å². The summed E-state index contributed by atoms with van der Waals surface area (Å²) in [6, 6.07) is 17.9. The molecule has 2 nitrogen and oxygen atoms in total. The fourth-order valence-corrected chi connectivity index (χ4v) is 2.90. The van der Waals surface area contributed by atoms with Gasteiger partial charge in [0.05, 0.1) is 0 Å². The molecule has 0 radical (unpaired) electrons. The second kappa shape index (κ2) is 4.09. The first-order chi connectivity index (χ1) is 9.74. The van der Waals surface area contributed by atoms with Gasteiger partial charge < -0.3 is 9.84 Å². The fourth-order valence-electron chi connectivity index (χ4n) is 2.90. The molecule has 0 aliphatic carbocycles. The van der Waals surface area contributed by atoms with Crippen molar-refractivity contribution >= 4 is 10.8 Å². The van der Waals surface area contributed by atoms with Crippen molar-refractivity contribution in [1.82, 2.24) is 0 Å². The molecule has 0 saturated heterocycles. The van der Waals surface area contributed by atoms with Crippen LogP contribution < -0.4 is 4.74 Å². The highest BCUT2D eigenvalue weighted by Gasteiger charge is 2.27. The topological polar surface area (TPSA) is 29.5 Å². The number of fused-ring (bicyclic) bond motifs is 4. The summed E-state index contributed by atoms with van der Waals surface area (Å²) < 4.78 is 5.95. The predicted octanol–water partition coefficient (Wildman–Crippen LogP) is 4.34. The Morgan fingerprint density at radius 1 is 0.950 bits per heavy atom. The lowest BCUT2D eigenvalue weighted by atomic mass is 9.92. The van der Waals surface area contributed by atoms with Gasteiger partial charge in [0.1, 0.15) is 17.6 Å². The van der Waals surface area contributed by atoms with Crippen molar-refractivity contribution in [2.45, 2.75) is 13.0 Å². The molecule has 2 heteroatoms. The van der Waals surface area contributed by atoms with E-state index in [9.17, 15) is 5.11 Å². The smallest absolute Gasteiger partial charge is 0.134 e. The summed E-state index contributed by atoms with van der Waals surface area (Å²) in [5, 5.41) is 12.9. The van der Waals surface area contributed by atoms with Gasteiger partial charge in [0.2, 0.25) is 0 Å². The molecule has 0 aromatic heterocycles. The zero-order valence-corrected chi connectivity index (χ0v) is 11.1. The second-order valence-electron chi connectivity index (χ2n) is 5.24. The highest BCUT2D eigenvalue weighted by Crippen LogP contribution is 2.45. The maximum absolute atomic E-state index is 10.8. The van der Waals surface area contributed by atoms with Crippen LogP contribution in [0.2, 0.25) is 0 Å². The predicted molar refractivity (Wildman–Crippen MR) is 79.3 cm³/mol. The van der Waals surface area contributed by atoms with Crippen LogP contribution in [0.1, 0.15) is 22.8 Å². The second-order valence-corrected chi connectivity index (χ2v) is 5.24. The lowest BCUT2D eigenvalue weighted by molar-refractivity contribution is 0.204. The molecule has 1 atom stereocenters. The highest BCUT2D eigenvalue weighted by atomic mass is 16.5. The minimum absolute atomic E-state index is 0.639. The van der Waals surface area contributed by atoms with Gasteiger partial charge in [-0.25, -0.2) is 0 Å². The van der Waals surface area contributed by atoms with Crippen molar-refractivity contribution in [3.63, 3.8) is 0 Å². The Labute approximate surface area is 117 Å². The van der Waals surface area contributed by atoms with Gasteiger partial charge >= 0.3 is 0 Å². The Morgan fingerprint density at radius 3 is 2.65 bits per heavy atom. The fraction of sp³-hybridized carbons (Fsp3) is 0.111. The molecule has 3 aromatic rings. The van der Waals surface area contributed by atoms with Crippen LogP contribution >= 0.6 is 0 Å². The number of ether oxygens (including phenoxy) is 1. The van der Waals surface area contributed by atoms with Gasteiger partial charge in [0, 0.05) is 11.1 Å². The van der Waals surface area contributed by atoms with Crippen LogP contribution in [0.15, 0.2) is 54.6 Å². The van der Waals surface area contributed by atoms with E-state index in [4.69, 9.17) is 4.74 Å². The van der Waals surface area contributed by atoms with E-state index in [2.05, 4.69) is 0 Å². The van der Waals surface area contributed by atoms with Crippen LogP contribution in [-0.2, 0) is 0 Å². The lowest BCUT2D eigenvalue weighted by Gasteiger charge is -2.26. The number of aryl methyl sites for hydroxylation is 1. The zero-order valence-electron chi connectivity index (χ0n) is 11.1. The van der Waals surface area contributed by atoms with Crippen LogP contribution in [0, 0.1) is 6.92 Å². The molecule has 1 N–H and O–H groups in total. The number of aliphatic hydroxyl groups is 1. The maximum atomic E-state index is 10.8. The summed E-state index contributed by atoms with van der Waals surface area (Å²) in [7, 11) is 0. The van der Waals surface area contributed by atoms with E-state index in [1.807, 2.05) is 61.5 Å². The van der Waals surface area contributed by atoms with Crippen LogP contribution in [0.5, 0.6) is 11.5 Å². The van der Waals surface area contributed by atoms with Gasteiger partial charge in [0.15, 0.2) is 0 Å². The molecule has 0 spiro atoms. The summed E-state index contributed by atoms with van der Waals surface area (Å²) in [4.78, 5) is 0. The van der Waals surface area contributed by atoms with Gasteiger partial charge in [-0.3, -0.25) is 0 Å². The highest BCUT2D eigenvalue weighted by molar-refractivity contribution is 5.89. The normalized spacial score (nSPS) is 16.4. The number of hydrogen-bond donors (Lipinski definition) is 1. The summed E-state index contributed by atoms with van der Waals surface area (Å²) in [6.45, 7) is 2.02. The third-order valence-corrected chi connectivity index (χ3v) is 3.88. The number of rotatable bonds is 0. The zero-order chi connectivity index (χ0) is 13.7. The standard InChI is InChI=1S/C18H14O2/c1-11-6-8-15-14(10-11)18(19)17-13-5-3-2-4-12(13)7-9-16(17)20-15/h2-10,18-19H,1H3. The van der Waals surface area contributed by atoms with Gasteiger partial charge in [-0.2, -0.15) is 0 Å². The Bertz CT molecular complexity index is 821. The third-order valence-electron chi connectivity index (χ3n) is 3.88. The van der Waals surface area contributed by atoms with Gasteiger partial charge in [-0.1, -0.05) is 42.0 Å². The molecule has 3 aromatic carbocycles. The van der Waals surface area contributed by atoms with Gasteiger partial charge in [0.25, 0.3) is 0 Å². The van der Waals surface area contributed by atoms with E-state index in [1.165, 1.54) is 0 Å². The van der Waals surface area contributed by atoms with Crippen molar-refractivity contribution in [2.24, 2.45) is 0 Å². The summed E-state index contributed by atoms with van der Waals surface area (Å²) in [6.07, 6.45) is -0.639. The molecule has 20 heavy (non-hydrogen) atoms. The minimum Gasteiger partial charge on any atom is -0.457 e. The molecule has 98 valence electrons. The average Bonchev–Trinajstić information content (AvgIpc) is 2.48. The molecular formula is C18H14O2. The molecule has 1 unspecified atom stereocenters. The molecule has 1 aliphatic heterocycles. The van der Waals surface area contributed by atoms with E-state index in [0.29, 0.717) is 0 Å². The van der Waals surface area contributed by atoms with E-state index < -0.39 is 6.10 Å². The molecule has 1 heterocycles. The summed E-state index contributed by atoms with van der Waals surface area (Å²) >= 11 is 0. The van der Waals surface area contributed by atoms with E-state index in [0.717, 1.165) is 39.0 Å². The van der Waals surface area contributed by atoms with E-state index in [-0.39, 0.29) is 0 Å². The molecule has 0 fully saturated rings. The number of hydrogen-bond acceptors (Lipinski definition) is 2. The van der Waals surface area contributed by atoms with Crippen molar-refractivity contribution in [2.75, 3.05) is 0 Å². The quantitative estimate of drug-likeness (QED) is 0.653. The van der Waals surface area contributed by atoms with Gasteiger partial charge in [-0.15, -0.1) is 0 Å². The first kappa shape index (κ1) is 11.5. The van der Waals surface area contributed by atoms with Crippen molar-refractivity contribution in [3.05, 3.63) is 71.3 Å². The van der Waals surface area contributed by atoms with Gasteiger partial charge in [-0.05, 0) is 35.9 Å². The minimum atomic E-state index is -0.639. The average molecular weight is 262 g/mol. The maximum Gasteiger partial charge on any atom is 0.134 e. The largest absolute Gasteiger partial charge is 0.457 e. The Kier molecular flexibility index (Phi) is 2.35. The lowest BCUT2D eigenvalue weighted by Crippen LogP contribution is -2.10. The summed E-state index contributed by atoms with van der Waals surface area (Å²) in [5.74, 6) is 1.48. The Hall–Kier alpha value is -2.32. The van der Waals surface area contributed by atoms with E-state index >= 15 is 0 Å². The molecular weight excluding hydrogens is 248 g/mol. The third kappa shape index (κ3) is 1.55. The first-order valence-electron chi connectivity index (χ1n) is 6.72. The van der Waals surface area contributed by atoms with E-state index in [1.54, 1.807) is 0 Å². The monoisotopic (exact) mass is 262 g/mol. The summed E-state index contributed by atoms with van der Waals surface area (Å²) in [5.41, 5.74) is 2.82. The molecule has 0 amide bonds. The van der Waals surface area contributed by atoms with Crippen LogP contribution in [0.3, 0.4) is 0 Å². The molecule has 1 aliphatic rings. The molecule has 0 saturated carbocycles. The molecule has 0 bridgehead atoms. The Balaban J connectivity index is 2.02. The van der Waals surface area contributed by atoms with Crippen molar-refractivity contribution in [3.8, 4) is 11.5 Å². The first-order valence-corrected chi connectivity index (χ1v) is 6.72. The SMILES string of the molecule is Cc1ccc2c(c1)C(O)c1c(ccc3ccccc13)O2. The molecule has 4 rings (SSSR count). The van der Waals surface area contributed by atoms with Crippen LogP contribution in [0.25, 0.3) is 10.8 Å².